The van der Waals surface area contributed by atoms with Gasteiger partial charge in [-0.1, -0.05) is 48.5 Å². The Kier molecular flexibility index (Phi) is 4.53. The highest BCUT2D eigenvalue weighted by Crippen LogP contribution is 2.30. The van der Waals surface area contributed by atoms with Crippen LogP contribution in [0.1, 0.15) is 40.3 Å². The summed E-state index contributed by atoms with van der Waals surface area (Å²) in [6, 6.07) is 22.9. The summed E-state index contributed by atoms with van der Waals surface area (Å²) >= 11 is 0. The maximum atomic E-state index is 4.92. The Morgan fingerprint density at radius 1 is 0.800 bits per heavy atom. The molecule has 0 unspecified atom stereocenters. The maximum absolute atomic E-state index is 4.92. The van der Waals surface area contributed by atoms with Gasteiger partial charge < -0.3 is 5.32 Å². The summed E-state index contributed by atoms with van der Waals surface area (Å²) in [5.74, 6) is 0. The first-order chi connectivity index (χ1) is 11.8. The smallest absolute Gasteiger partial charge is 0.0931 e. The fraction of sp³-hybridized carbons (Fsp3) is 0.318. The third-order valence-corrected chi connectivity index (χ3v) is 4.11. The molecule has 0 aliphatic heterocycles. The second-order valence-electron chi connectivity index (χ2n) is 8.03. The minimum absolute atomic E-state index is 0.00218. The molecule has 2 aromatic carbocycles. The van der Waals surface area contributed by atoms with Crippen LogP contribution in [0.3, 0.4) is 0 Å². The number of rotatable bonds is 4. The summed E-state index contributed by atoms with van der Waals surface area (Å²) in [6.45, 7) is 11.0. The van der Waals surface area contributed by atoms with Gasteiger partial charge in [-0.25, -0.2) is 4.68 Å². The summed E-state index contributed by atoms with van der Waals surface area (Å²) in [5, 5.41) is 8.65. The van der Waals surface area contributed by atoms with Crippen molar-refractivity contribution in [3.8, 4) is 16.9 Å². The minimum Gasteiger partial charge on any atom is -0.302 e. The zero-order valence-electron chi connectivity index (χ0n) is 15.7. The van der Waals surface area contributed by atoms with E-state index in [4.69, 9.17) is 5.10 Å². The van der Waals surface area contributed by atoms with Crippen molar-refractivity contribution in [2.24, 2.45) is 0 Å². The zero-order chi connectivity index (χ0) is 18.1. The van der Waals surface area contributed by atoms with E-state index in [0.29, 0.717) is 0 Å². The number of benzene rings is 2. The van der Waals surface area contributed by atoms with Crippen molar-refractivity contribution in [1.29, 1.82) is 0 Å². The van der Waals surface area contributed by atoms with Gasteiger partial charge in [0, 0.05) is 11.1 Å². The molecule has 130 valence electrons. The fourth-order valence-corrected chi connectivity index (χ4v) is 3.34. The van der Waals surface area contributed by atoms with Gasteiger partial charge in [-0.2, -0.15) is 5.10 Å². The van der Waals surface area contributed by atoms with Crippen LogP contribution in [-0.4, -0.2) is 15.3 Å². The SMILES string of the molecule is CC(C)(C)NC(C)(C)c1cc(-c2ccccc2)nn1-c1ccccc1. The minimum atomic E-state index is -0.228. The molecule has 0 atom stereocenters. The molecule has 0 amide bonds. The molecule has 0 bridgehead atoms. The predicted octanol–water partition coefficient (Wildman–Crippen LogP) is 5.16. The average Bonchev–Trinajstić information content (AvgIpc) is 3.01. The first-order valence-corrected chi connectivity index (χ1v) is 8.77. The van der Waals surface area contributed by atoms with E-state index in [1.54, 1.807) is 0 Å². The third-order valence-electron chi connectivity index (χ3n) is 4.11. The van der Waals surface area contributed by atoms with E-state index in [1.165, 1.54) is 0 Å². The van der Waals surface area contributed by atoms with Crippen LogP contribution in [0.25, 0.3) is 16.9 Å². The Morgan fingerprint density at radius 3 is 1.92 bits per heavy atom. The first-order valence-electron chi connectivity index (χ1n) is 8.77. The molecule has 1 N–H and O–H groups in total. The highest BCUT2D eigenvalue weighted by atomic mass is 15.3. The molecule has 0 saturated carbocycles. The van der Waals surface area contributed by atoms with Gasteiger partial charge >= 0.3 is 0 Å². The Bertz CT molecular complexity index is 825. The van der Waals surface area contributed by atoms with Crippen molar-refractivity contribution >= 4 is 0 Å². The topological polar surface area (TPSA) is 29.9 Å². The Labute approximate surface area is 150 Å². The highest BCUT2D eigenvalue weighted by Gasteiger charge is 2.30. The van der Waals surface area contributed by atoms with Crippen LogP contribution in [0.5, 0.6) is 0 Å². The molecule has 0 aliphatic rings. The van der Waals surface area contributed by atoms with E-state index in [-0.39, 0.29) is 11.1 Å². The van der Waals surface area contributed by atoms with Crippen LogP contribution in [0.4, 0.5) is 0 Å². The lowest BCUT2D eigenvalue weighted by Crippen LogP contribution is -2.49. The van der Waals surface area contributed by atoms with Crippen molar-refractivity contribution < 1.29 is 0 Å². The molecule has 1 aromatic heterocycles. The second kappa shape index (κ2) is 6.49. The average molecular weight is 333 g/mol. The summed E-state index contributed by atoms with van der Waals surface area (Å²) in [6.07, 6.45) is 0. The largest absolute Gasteiger partial charge is 0.302 e. The Morgan fingerprint density at radius 2 is 1.36 bits per heavy atom. The fourth-order valence-electron chi connectivity index (χ4n) is 3.34. The van der Waals surface area contributed by atoms with Crippen molar-refractivity contribution in [2.45, 2.75) is 45.7 Å². The number of para-hydroxylation sites is 1. The number of hydrogen-bond acceptors (Lipinski definition) is 2. The van der Waals surface area contributed by atoms with E-state index in [2.05, 4.69) is 87.1 Å². The quantitative estimate of drug-likeness (QED) is 0.714. The molecule has 0 spiro atoms. The van der Waals surface area contributed by atoms with Gasteiger partial charge in [0.05, 0.1) is 22.6 Å². The molecule has 3 nitrogen and oxygen atoms in total. The van der Waals surface area contributed by atoms with Crippen LogP contribution in [0.2, 0.25) is 0 Å². The first kappa shape index (κ1) is 17.4. The maximum Gasteiger partial charge on any atom is 0.0931 e. The number of nitrogens with one attached hydrogen (secondary N) is 1. The van der Waals surface area contributed by atoms with Gasteiger partial charge in [0.1, 0.15) is 0 Å². The molecule has 0 saturated heterocycles. The number of hydrogen-bond donors (Lipinski definition) is 1. The van der Waals surface area contributed by atoms with Crippen LogP contribution < -0.4 is 5.32 Å². The second-order valence-corrected chi connectivity index (χ2v) is 8.03. The summed E-state index contributed by atoms with van der Waals surface area (Å²) < 4.78 is 2.06. The highest BCUT2D eigenvalue weighted by molar-refractivity contribution is 5.60. The van der Waals surface area contributed by atoms with Crippen LogP contribution >= 0.6 is 0 Å². The normalized spacial score (nSPS) is 12.4. The van der Waals surface area contributed by atoms with E-state index in [0.717, 1.165) is 22.6 Å². The predicted molar refractivity (Wildman–Crippen MR) is 105 cm³/mol. The lowest BCUT2D eigenvalue weighted by Gasteiger charge is -2.35. The standard InChI is InChI=1S/C22H27N3/c1-21(2,3)24-22(4,5)20-16-19(17-12-8-6-9-13-17)23-25(20)18-14-10-7-11-15-18/h6-16,24H,1-5H3. The van der Waals surface area contributed by atoms with Gasteiger partial charge in [0.15, 0.2) is 0 Å². The summed E-state index contributed by atoms with van der Waals surface area (Å²) in [5.41, 5.74) is 4.11. The van der Waals surface area contributed by atoms with E-state index in [9.17, 15) is 0 Å². The Balaban J connectivity index is 2.14. The summed E-state index contributed by atoms with van der Waals surface area (Å²) in [4.78, 5) is 0. The number of nitrogens with zero attached hydrogens (tertiary/aromatic N) is 2. The van der Waals surface area contributed by atoms with Gasteiger partial charge in [-0.05, 0) is 52.8 Å². The van der Waals surface area contributed by atoms with Crippen molar-refractivity contribution in [2.75, 3.05) is 0 Å². The van der Waals surface area contributed by atoms with Crippen LogP contribution in [0, 0.1) is 0 Å². The zero-order valence-corrected chi connectivity index (χ0v) is 15.7. The molecule has 0 radical (unpaired) electrons. The van der Waals surface area contributed by atoms with Gasteiger partial charge in [-0.15, -0.1) is 0 Å². The molecule has 1 heterocycles. The Hall–Kier alpha value is -2.39. The van der Waals surface area contributed by atoms with Gasteiger partial charge in [0.25, 0.3) is 0 Å². The molecule has 3 rings (SSSR count). The van der Waals surface area contributed by atoms with Crippen molar-refractivity contribution in [3.63, 3.8) is 0 Å². The molecule has 3 heteroatoms. The molecule has 3 aromatic rings. The van der Waals surface area contributed by atoms with Crippen molar-refractivity contribution in [1.82, 2.24) is 15.1 Å². The van der Waals surface area contributed by atoms with E-state index < -0.39 is 0 Å². The molecule has 25 heavy (non-hydrogen) atoms. The lowest BCUT2D eigenvalue weighted by atomic mass is 9.94. The van der Waals surface area contributed by atoms with Gasteiger partial charge in [-0.3, -0.25) is 0 Å². The van der Waals surface area contributed by atoms with Gasteiger partial charge in [0.2, 0.25) is 0 Å². The van der Waals surface area contributed by atoms with Crippen LogP contribution in [-0.2, 0) is 5.54 Å². The number of aromatic nitrogens is 2. The summed E-state index contributed by atoms with van der Waals surface area (Å²) in [7, 11) is 0. The molecular weight excluding hydrogens is 306 g/mol. The third kappa shape index (κ3) is 3.99. The molecule has 0 aliphatic carbocycles. The lowest BCUT2D eigenvalue weighted by molar-refractivity contribution is 0.276. The van der Waals surface area contributed by atoms with E-state index in [1.807, 2.05) is 24.3 Å². The monoisotopic (exact) mass is 333 g/mol. The molecular formula is C22H27N3. The van der Waals surface area contributed by atoms with Crippen LogP contribution in [0.15, 0.2) is 66.7 Å². The van der Waals surface area contributed by atoms with E-state index >= 15 is 0 Å². The van der Waals surface area contributed by atoms with Crippen molar-refractivity contribution in [3.05, 3.63) is 72.4 Å². The molecule has 0 fully saturated rings.